The summed E-state index contributed by atoms with van der Waals surface area (Å²) in [5.41, 5.74) is 1.85. The molecule has 4 rings (SSSR count). The van der Waals surface area contributed by atoms with Gasteiger partial charge >= 0.3 is 0 Å². The first kappa shape index (κ1) is 19.5. The first-order chi connectivity index (χ1) is 14.1. The van der Waals surface area contributed by atoms with Crippen molar-refractivity contribution in [2.75, 3.05) is 34.8 Å². The van der Waals surface area contributed by atoms with Crippen molar-refractivity contribution in [3.63, 3.8) is 0 Å². The van der Waals surface area contributed by atoms with Crippen LogP contribution in [-0.4, -0.2) is 31.4 Å². The van der Waals surface area contributed by atoms with Gasteiger partial charge in [0.2, 0.25) is 11.8 Å². The molecule has 5 heteroatoms. The van der Waals surface area contributed by atoms with Gasteiger partial charge in [0.15, 0.2) is 0 Å². The van der Waals surface area contributed by atoms with Crippen molar-refractivity contribution in [2.45, 2.75) is 39.0 Å². The lowest BCUT2D eigenvalue weighted by molar-refractivity contribution is -0.132. The Hall–Kier alpha value is -2.82. The first-order valence-corrected chi connectivity index (χ1v) is 10.7. The van der Waals surface area contributed by atoms with Crippen LogP contribution >= 0.6 is 0 Å². The van der Waals surface area contributed by atoms with E-state index in [1.165, 1.54) is 24.9 Å². The Morgan fingerprint density at radius 1 is 0.966 bits per heavy atom. The van der Waals surface area contributed by atoms with Gasteiger partial charge in [0.1, 0.15) is 5.41 Å². The summed E-state index contributed by atoms with van der Waals surface area (Å²) in [6.45, 7) is 4.67. The number of benzene rings is 2. The summed E-state index contributed by atoms with van der Waals surface area (Å²) in [5.74, 6) is -0.295. The van der Waals surface area contributed by atoms with Crippen molar-refractivity contribution in [3.8, 4) is 0 Å². The van der Waals surface area contributed by atoms with E-state index in [9.17, 15) is 9.59 Å². The number of carbonyl (C=O) groups excluding carboxylic acids is 2. The number of rotatable bonds is 6. The molecule has 0 aromatic heterocycles. The van der Waals surface area contributed by atoms with Gasteiger partial charge in [-0.15, -0.1) is 0 Å². The lowest BCUT2D eigenvalue weighted by Gasteiger charge is -2.29. The number of para-hydroxylation sites is 1. The summed E-state index contributed by atoms with van der Waals surface area (Å²) in [4.78, 5) is 30.3. The minimum Gasteiger partial charge on any atom is -0.372 e. The van der Waals surface area contributed by atoms with E-state index in [4.69, 9.17) is 0 Å². The van der Waals surface area contributed by atoms with Gasteiger partial charge in [-0.25, -0.2) is 0 Å². The van der Waals surface area contributed by atoms with E-state index in [2.05, 4.69) is 22.3 Å². The lowest BCUT2D eigenvalue weighted by atomic mass is 10.0. The molecule has 0 unspecified atom stereocenters. The molecule has 0 atom stereocenters. The fraction of sp³-hybridized carbons (Fsp3) is 0.417. The van der Waals surface area contributed by atoms with E-state index >= 15 is 0 Å². The highest BCUT2D eigenvalue weighted by molar-refractivity contribution is 6.17. The average molecular weight is 392 g/mol. The molecule has 1 N–H and O–H groups in total. The molecule has 1 aliphatic carbocycles. The fourth-order valence-electron chi connectivity index (χ4n) is 4.13. The number of hydrogen-bond donors (Lipinski definition) is 1. The van der Waals surface area contributed by atoms with Gasteiger partial charge in [0.25, 0.3) is 0 Å². The van der Waals surface area contributed by atoms with Crippen LogP contribution in [0.3, 0.4) is 0 Å². The first-order valence-electron chi connectivity index (χ1n) is 10.7. The highest BCUT2D eigenvalue weighted by atomic mass is 16.2. The molecular weight excluding hydrogens is 362 g/mol. The standard InChI is InChI=1S/C24H29N3O2/c1-2-27(21-9-5-3-6-10-21)23(29)24(15-16-24)22(28)25-19-11-13-20(14-12-19)26-17-7-4-8-18-26/h3,5-6,9-14H,2,4,7-8,15-18H2,1H3,(H,25,28). The Labute approximate surface area is 172 Å². The largest absolute Gasteiger partial charge is 0.372 e. The predicted molar refractivity (Wildman–Crippen MR) is 117 cm³/mol. The van der Waals surface area contributed by atoms with E-state index < -0.39 is 5.41 Å². The second-order valence-electron chi connectivity index (χ2n) is 8.02. The highest BCUT2D eigenvalue weighted by Gasteiger charge is 2.58. The van der Waals surface area contributed by atoms with Crippen LogP contribution in [0.4, 0.5) is 17.1 Å². The summed E-state index contributed by atoms with van der Waals surface area (Å²) >= 11 is 0. The Bertz CT molecular complexity index is 853. The van der Waals surface area contributed by atoms with Crippen LogP contribution < -0.4 is 15.1 Å². The number of piperidine rings is 1. The van der Waals surface area contributed by atoms with Gasteiger partial charge in [-0.05, 0) is 75.4 Å². The van der Waals surface area contributed by atoms with Gasteiger partial charge < -0.3 is 15.1 Å². The zero-order valence-corrected chi connectivity index (χ0v) is 17.1. The van der Waals surface area contributed by atoms with Crippen LogP contribution in [0.5, 0.6) is 0 Å². The topological polar surface area (TPSA) is 52.7 Å². The molecule has 0 spiro atoms. The Morgan fingerprint density at radius 2 is 1.62 bits per heavy atom. The van der Waals surface area contributed by atoms with Crippen molar-refractivity contribution in [2.24, 2.45) is 5.41 Å². The van der Waals surface area contributed by atoms with Gasteiger partial charge in [-0.1, -0.05) is 18.2 Å². The van der Waals surface area contributed by atoms with Gasteiger partial charge in [0, 0.05) is 36.7 Å². The molecule has 29 heavy (non-hydrogen) atoms. The molecule has 2 aliphatic rings. The molecule has 1 saturated heterocycles. The summed E-state index contributed by atoms with van der Waals surface area (Å²) in [5, 5.41) is 2.98. The number of amides is 2. The zero-order valence-electron chi connectivity index (χ0n) is 17.1. The molecule has 2 aromatic carbocycles. The average Bonchev–Trinajstić information content (AvgIpc) is 3.58. The zero-order chi connectivity index (χ0) is 20.3. The summed E-state index contributed by atoms with van der Waals surface area (Å²) in [7, 11) is 0. The van der Waals surface area contributed by atoms with E-state index in [0.29, 0.717) is 19.4 Å². The molecule has 2 fully saturated rings. The van der Waals surface area contributed by atoms with Crippen LogP contribution in [-0.2, 0) is 9.59 Å². The predicted octanol–water partition coefficient (Wildman–Crippen LogP) is 4.45. The maximum Gasteiger partial charge on any atom is 0.242 e. The van der Waals surface area contributed by atoms with Crippen molar-refractivity contribution >= 4 is 28.9 Å². The molecule has 1 aliphatic heterocycles. The molecule has 1 saturated carbocycles. The molecule has 5 nitrogen and oxygen atoms in total. The normalized spacial score (nSPS) is 17.5. The van der Waals surface area contributed by atoms with E-state index in [1.807, 2.05) is 49.4 Å². The third-order valence-corrected chi connectivity index (χ3v) is 6.07. The molecule has 0 radical (unpaired) electrons. The number of anilines is 3. The molecule has 2 amide bonds. The second-order valence-corrected chi connectivity index (χ2v) is 8.02. The lowest BCUT2D eigenvalue weighted by Crippen LogP contribution is -2.43. The van der Waals surface area contributed by atoms with E-state index in [-0.39, 0.29) is 11.8 Å². The summed E-state index contributed by atoms with van der Waals surface area (Å²) in [6, 6.07) is 17.6. The Kier molecular flexibility index (Phi) is 5.56. The Balaban J connectivity index is 1.44. The van der Waals surface area contributed by atoms with Crippen LogP contribution in [0.15, 0.2) is 54.6 Å². The molecule has 2 aromatic rings. The van der Waals surface area contributed by atoms with Crippen molar-refractivity contribution < 1.29 is 9.59 Å². The fourth-order valence-corrected chi connectivity index (χ4v) is 4.13. The maximum absolute atomic E-state index is 13.2. The van der Waals surface area contributed by atoms with Crippen LogP contribution in [0.1, 0.15) is 39.0 Å². The van der Waals surface area contributed by atoms with Gasteiger partial charge in [-0.2, -0.15) is 0 Å². The number of hydrogen-bond acceptors (Lipinski definition) is 3. The van der Waals surface area contributed by atoms with Crippen LogP contribution in [0.2, 0.25) is 0 Å². The third-order valence-electron chi connectivity index (χ3n) is 6.07. The van der Waals surface area contributed by atoms with Crippen LogP contribution in [0, 0.1) is 5.41 Å². The van der Waals surface area contributed by atoms with Crippen molar-refractivity contribution in [1.29, 1.82) is 0 Å². The minimum absolute atomic E-state index is 0.103. The summed E-state index contributed by atoms with van der Waals surface area (Å²) < 4.78 is 0. The third kappa shape index (κ3) is 4.00. The van der Waals surface area contributed by atoms with E-state index in [1.54, 1.807) is 4.90 Å². The van der Waals surface area contributed by atoms with Crippen molar-refractivity contribution in [1.82, 2.24) is 0 Å². The number of carbonyl (C=O) groups is 2. The monoisotopic (exact) mass is 391 g/mol. The van der Waals surface area contributed by atoms with Gasteiger partial charge in [0.05, 0.1) is 0 Å². The SMILES string of the molecule is CCN(C(=O)C1(C(=O)Nc2ccc(N3CCCCC3)cc2)CC1)c1ccccc1. The second kappa shape index (κ2) is 8.27. The molecule has 152 valence electrons. The van der Waals surface area contributed by atoms with E-state index in [0.717, 1.165) is 24.5 Å². The van der Waals surface area contributed by atoms with Gasteiger partial charge in [-0.3, -0.25) is 9.59 Å². The minimum atomic E-state index is -0.933. The Morgan fingerprint density at radius 3 is 2.21 bits per heavy atom. The van der Waals surface area contributed by atoms with Crippen LogP contribution in [0.25, 0.3) is 0 Å². The summed E-state index contributed by atoms with van der Waals surface area (Å²) in [6.07, 6.45) is 4.98. The smallest absolute Gasteiger partial charge is 0.242 e. The maximum atomic E-state index is 13.2. The molecular formula is C24H29N3O2. The highest BCUT2D eigenvalue weighted by Crippen LogP contribution is 2.48. The molecule has 1 heterocycles. The van der Waals surface area contributed by atoms with Crippen molar-refractivity contribution in [3.05, 3.63) is 54.6 Å². The number of nitrogens with zero attached hydrogens (tertiary/aromatic N) is 2. The number of nitrogens with one attached hydrogen (secondary N) is 1. The molecule has 0 bridgehead atoms. The quantitative estimate of drug-likeness (QED) is 0.740.